The molecule has 3 rings (SSSR count). The number of fused-ring (bicyclic) bond motifs is 4. The fourth-order valence-corrected chi connectivity index (χ4v) is 3.98. The van der Waals surface area contributed by atoms with Gasteiger partial charge >= 0.3 is 0 Å². The summed E-state index contributed by atoms with van der Waals surface area (Å²) in [6, 6.07) is 0. The Bertz CT molecular complexity index is 640. The lowest BCUT2D eigenvalue weighted by atomic mass is 9.72. The van der Waals surface area contributed by atoms with Gasteiger partial charge in [-0.1, -0.05) is 46.4 Å². The van der Waals surface area contributed by atoms with Crippen molar-refractivity contribution in [3.8, 4) is 22.3 Å². The fourth-order valence-electron chi connectivity index (χ4n) is 3.03. The Balaban J connectivity index is 2.49. The average molecular weight is 346 g/mol. The molecule has 0 radical (unpaired) electrons. The normalized spacial score (nSPS) is 12.0. The lowest BCUT2D eigenvalue weighted by molar-refractivity contribution is 1.29. The molecule has 0 spiro atoms. The second-order valence-corrected chi connectivity index (χ2v) is 6.77. The van der Waals surface area contributed by atoms with Gasteiger partial charge in [-0.25, -0.2) is 0 Å². The summed E-state index contributed by atoms with van der Waals surface area (Å²) in [5.74, 6) is 0. The maximum Gasteiger partial charge on any atom is 0.0630 e. The van der Waals surface area contributed by atoms with Crippen LogP contribution in [-0.2, 0) is 0 Å². The Labute approximate surface area is 138 Å². The first kappa shape index (κ1) is 14.5. The number of hydrogen-bond acceptors (Lipinski definition) is 0. The van der Waals surface area contributed by atoms with Crippen LogP contribution in [0, 0.1) is 27.7 Å². The molecule has 104 valence electrons. The molecule has 0 atom stereocenters. The molecule has 20 heavy (non-hydrogen) atoms. The number of rotatable bonds is 0. The van der Waals surface area contributed by atoms with Crippen LogP contribution in [-0.4, -0.2) is 0 Å². The van der Waals surface area contributed by atoms with E-state index in [1.807, 2.05) is 27.7 Å². The zero-order valence-electron chi connectivity index (χ0n) is 11.5. The fraction of sp³-hybridized carbons (Fsp3) is 0.250. The Morgan fingerprint density at radius 2 is 0.550 bits per heavy atom. The predicted octanol–water partition coefficient (Wildman–Crippen LogP) is 7.18. The summed E-state index contributed by atoms with van der Waals surface area (Å²) in [5, 5.41) is 2.49. The second-order valence-electron chi connectivity index (χ2n) is 5.26. The molecule has 0 bridgehead atoms. The molecular weight excluding hydrogens is 334 g/mol. The van der Waals surface area contributed by atoms with E-state index in [-0.39, 0.29) is 0 Å². The molecule has 0 amide bonds. The van der Waals surface area contributed by atoms with Gasteiger partial charge in [0, 0.05) is 0 Å². The van der Waals surface area contributed by atoms with Crippen molar-refractivity contribution in [3.05, 3.63) is 42.3 Å². The SMILES string of the molecule is Cc1c(Cl)c(Cl)c(C)c2c1-c1c(C)c(Cl)c(Cl)c(C)c1-2. The van der Waals surface area contributed by atoms with E-state index in [9.17, 15) is 0 Å². The van der Waals surface area contributed by atoms with Gasteiger partial charge in [0.1, 0.15) is 0 Å². The first-order valence-corrected chi connectivity index (χ1v) is 7.77. The van der Waals surface area contributed by atoms with Crippen molar-refractivity contribution in [3.63, 3.8) is 0 Å². The zero-order chi connectivity index (χ0) is 14.9. The van der Waals surface area contributed by atoms with Crippen LogP contribution in [0.25, 0.3) is 22.3 Å². The second kappa shape index (κ2) is 4.55. The van der Waals surface area contributed by atoms with E-state index < -0.39 is 0 Å². The quantitative estimate of drug-likeness (QED) is 0.404. The highest BCUT2D eigenvalue weighted by Crippen LogP contribution is 2.59. The lowest BCUT2D eigenvalue weighted by Crippen LogP contribution is -2.10. The molecule has 1 aliphatic carbocycles. The maximum absolute atomic E-state index is 6.33. The van der Waals surface area contributed by atoms with Gasteiger partial charge < -0.3 is 0 Å². The van der Waals surface area contributed by atoms with Crippen LogP contribution in [0.5, 0.6) is 0 Å². The smallest absolute Gasteiger partial charge is 0.0630 e. The summed E-state index contributed by atoms with van der Waals surface area (Å²) in [6.07, 6.45) is 0. The van der Waals surface area contributed by atoms with Gasteiger partial charge in [-0.05, 0) is 72.2 Å². The Hall–Kier alpha value is -0.400. The molecule has 1 aliphatic rings. The van der Waals surface area contributed by atoms with Crippen molar-refractivity contribution in [2.24, 2.45) is 0 Å². The Morgan fingerprint density at radius 3 is 0.700 bits per heavy atom. The zero-order valence-corrected chi connectivity index (χ0v) is 14.5. The molecule has 0 unspecified atom stereocenters. The summed E-state index contributed by atoms with van der Waals surface area (Å²) in [6.45, 7) is 7.97. The lowest BCUT2D eigenvalue weighted by Gasteiger charge is -2.33. The molecule has 4 heteroatoms. The van der Waals surface area contributed by atoms with Crippen LogP contribution >= 0.6 is 46.4 Å². The highest BCUT2D eigenvalue weighted by molar-refractivity contribution is 6.46. The van der Waals surface area contributed by atoms with Crippen molar-refractivity contribution >= 4 is 46.4 Å². The Morgan fingerprint density at radius 1 is 0.400 bits per heavy atom. The van der Waals surface area contributed by atoms with Gasteiger partial charge in [0.05, 0.1) is 20.1 Å². The molecular formula is C16H12Cl4. The van der Waals surface area contributed by atoms with Crippen molar-refractivity contribution in [2.45, 2.75) is 27.7 Å². The predicted molar refractivity (Wildman–Crippen MR) is 89.9 cm³/mol. The summed E-state index contributed by atoms with van der Waals surface area (Å²) in [4.78, 5) is 0. The van der Waals surface area contributed by atoms with Crippen molar-refractivity contribution in [1.82, 2.24) is 0 Å². The summed E-state index contributed by atoms with van der Waals surface area (Å²) < 4.78 is 0. The summed E-state index contributed by atoms with van der Waals surface area (Å²) >= 11 is 25.3. The topological polar surface area (TPSA) is 0 Å². The third-order valence-corrected chi connectivity index (χ3v) is 6.29. The highest BCUT2D eigenvalue weighted by atomic mass is 35.5. The Kier molecular flexibility index (Phi) is 3.30. The van der Waals surface area contributed by atoms with E-state index in [2.05, 4.69) is 0 Å². The third-order valence-electron chi connectivity index (χ3n) is 4.20. The van der Waals surface area contributed by atoms with Gasteiger partial charge in [-0.3, -0.25) is 0 Å². The maximum atomic E-state index is 6.33. The van der Waals surface area contributed by atoms with Crippen LogP contribution in [0.15, 0.2) is 0 Å². The standard InChI is InChI=1S/C16H12Cl4/c1-5-9-10(6(2)14(18)13(5)17)12-8(4)16(20)15(19)7(3)11(9)12/h1-4H3. The van der Waals surface area contributed by atoms with Gasteiger partial charge in [0.25, 0.3) is 0 Å². The highest BCUT2D eigenvalue weighted by Gasteiger charge is 2.34. The van der Waals surface area contributed by atoms with Crippen LogP contribution in [0.4, 0.5) is 0 Å². The molecule has 0 heterocycles. The van der Waals surface area contributed by atoms with Crippen molar-refractivity contribution in [1.29, 1.82) is 0 Å². The van der Waals surface area contributed by atoms with Crippen molar-refractivity contribution < 1.29 is 0 Å². The van der Waals surface area contributed by atoms with Crippen LogP contribution in [0.2, 0.25) is 20.1 Å². The van der Waals surface area contributed by atoms with E-state index in [1.165, 1.54) is 0 Å². The minimum Gasteiger partial charge on any atom is -0.0824 e. The van der Waals surface area contributed by atoms with Gasteiger partial charge in [0.2, 0.25) is 0 Å². The first-order chi connectivity index (χ1) is 9.29. The van der Waals surface area contributed by atoms with Crippen molar-refractivity contribution in [2.75, 3.05) is 0 Å². The summed E-state index contributed by atoms with van der Waals surface area (Å²) in [7, 11) is 0. The van der Waals surface area contributed by atoms with Gasteiger partial charge in [-0.2, -0.15) is 0 Å². The average Bonchev–Trinajstić information content (AvgIpc) is 2.39. The van der Waals surface area contributed by atoms with Gasteiger partial charge in [0.15, 0.2) is 0 Å². The van der Waals surface area contributed by atoms with E-state index >= 15 is 0 Å². The number of benzene rings is 2. The van der Waals surface area contributed by atoms with E-state index in [1.54, 1.807) is 0 Å². The third kappa shape index (κ3) is 1.57. The van der Waals surface area contributed by atoms with E-state index in [4.69, 9.17) is 46.4 Å². The number of halogens is 4. The van der Waals surface area contributed by atoms with Crippen LogP contribution in [0.1, 0.15) is 22.3 Å². The molecule has 0 aliphatic heterocycles. The van der Waals surface area contributed by atoms with Crippen LogP contribution < -0.4 is 0 Å². The molecule has 2 aromatic carbocycles. The minimum absolute atomic E-state index is 0.622. The van der Waals surface area contributed by atoms with E-state index in [0.29, 0.717) is 20.1 Å². The molecule has 0 saturated carbocycles. The number of hydrogen-bond donors (Lipinski definition) is 0. The molecule has 0 aromatic heterocycles. The first-order valence-electron chi connectivity index (χ1n) is 6.26. The van der Waals surface area contributed by atoms with E-state index in [0.717, 1.165) is 44.5 Å². The largest absolute Gasteiger partial charge is 0.0824 e. The molecule has 2 aromatic rings. The monoisotopic (exact) mass is 344 g/mol. The summed E-state index contributed by atoms with van der Waals surface area (Å²) in [5.41, 5.74) is 8.65. The molecule has 0 N–H and O–H groups in total. The minimum atomic E-state index is 0.622. The molecule has 0 nitrogen and oxygen atoms in total. The van der Waals surface area contributed by atoms with Crippen LogP contribution in [0.3, 0.4) is 0 Å². The molecule has 0 saturated heterocycles. The molecule has 0 fully saturated rings. The van der Waals surface area contributed by atoms with Gasteiger partial charge in [-0.15, -0.1) is 0 Å².